The number of carbonyl (C=O) groups is 2. The SMILES string of the molecule is CCCOc1ccc(C(=O)CCC(=O)N[C@@H](C)c2ccccc2)cc1. The molecule has 0 aliphatic carbocycles. The molecule has 4 heteroatoms. The number of carbonyl (C=O) groups excluding carboxylic acids is 2. The number of nitrogens with one attached hydrogen (secondary N) is 1. The van der Waals surface area contributed by atoms with Crippen molar-refractivity contribution in [3.05, 3.63) is 65.7 Å². The number of rotatable bonds is 9. The Labute approximate surface area is 149 Å². The maximum atomic E-state index is 12.2. The molecule has 2 aromatic carbocycles. The van der Waals surface area contributed by atoms with Crippen molar-refractivity contribution in [2.24, 2.45) is 0 Å². The molecule has 0 spiro atoms. The number of hydrogen-bond donors (Lipinski definition) is 1. The minimum atomic E-state index is -0.118. The van der Waals surface area contributed by atoms with Gasteiger partial charge in [-0.1, -0.05) is 37.3 Å². The van der Waals surface area contributed by atoms with Crippen LogP contribution in [0.1, 0.15) is 55.1 Å². The van der Waals surface area contributed by atoms with E-state index in [4.69, 9.17) is 4.74 Å². The van der Waals surface area contributed by atoms with Crippen LogP contribution in [-0.2, 0) is 4.79 Å². The summed E-state index contributed by atoms with van der Waals surface area (Å²) in [6.45, 7) is 4.64. The van der Waals surface area contributed by atoms with Crippen LogP contribution in [0.3, 0.4) is 0 Å². The van der Waals surface area contributed by atoms with Crippen molar-refractivity contribution in [1.82, 2.24) is 5.32 Å². The second-order valence-electron chi connectivity index (χ2n) is 6.00. The standard InChI is InChI=1S/C21H25NO3/c1-3-15-25-19-11-9-18(10-12-19)20(23)13-14-21(24)22-16(2)17-7-5-4-6-8-17/h4-12,16H,3,13-15H2,1-2H3,(H,22,24)/t16-/m0/s1. The first-order valence-electron chi connectivity index (χ1n) is 8.70. The third-order valence-corrected chi connectivity index (χ3v) is 3.91. The smallest absolute Gasteiger partial charge is 0.220 e. The first-order chi connectivity index (χ1) is 12.1. The van der Waals surface area contributed by atoms with Crippen LogP contribution < -0.4 is 10.1 Å². The summed E-state index contributed by atoms with van der Waals surface area (Å²) in [5.41, 5.74) is 1.65. The van der Waals surface area contributed by atoms with Crippen molar-refractivity contribution in [2.45, 2.75) is 39.2 Å². The van der Waals surface area contributed by atoms with E-state index in [0.717, 1.165) is 17.7 Å². The Morgan fingerprint density at radius 1 is 1.00 bits per heavy atom. The van der Waals surface area contributed by atoms with Crippen LogP contribution in [0.2, 0.25) is 0 Å². The fourth-order valence-corrected chi connectivity index (χ4v) is 2.47. The molecule has 0 saturated heterocycles. The minimum Gasteiger partial charge on any atom is -0.494 e. The highest BCUT2D eigenvalue weighted by Crippen LogP contribution is 2.15. The molecule has 2 rings (SSSR count). The summed E-state index contributed by atoms with van der Waals surface area (Å²) in [6.07, 6.45) is 1.32. The Balaban J connectivity index is 1.80. The zero-order chi connectivity index (χ0) is 18.1. The third kappa shape index (κ3) is 6.07. The maximum Gasteiger partial charge on any atom is 0.220 e. The Morgan fingerprint density at radius 3 is 2.32 bits per heavy atom. The van der Waals surface area contributed by atoms with Gasteiger partial charge in [-0.2, -0.15) is 0 Å². The molecule has 25 heavy (non-hydrogen) atoms. The van der Waals surface area contributed by atoms with E-state index in [2.05, 4.69) is 5.32 Å². The van der Waals surface area contributed by atoms with Gasteiger partial charge in [0.2, 0.25) is 5.91 Å². The highest BCUT2D eigenvalue weighted by molar-refractivity contribution is 5.98. The molecule has 132 valence electrons. The zero-order valence-electron chi connectivity index (χ0n) is 14.8. The molecule has 4 nitrogen and oxygen atoms in total. The Hall–Kier alpha value is -2.62. The second kappa shape index (κ2) is 9.62. The molecule has 2 aromatic rings. The molecule has 1 amide bonds. The molecular weight excluding hydrogens is 314 g/mol. The molecule has 0 aromatic heterocycles. The average Bonchev–Trinajstić information content (AvgIpc) is 2.65. The molecule has 1 N–H and O–H groups in total. The molecule has 0 radical (unpaired) electrons. The lowest BCUT2D eigenvalue weighted by Gasteiger charge is -2.14. The number of hydrogen-bond acceptors (Lipinski definition) is 3. The summed E-state index contributed by atoms with van der Waals surface area (Å²) < 4.78 is 5.50. The van der Waals surface area contributed by atoms with E-state index in [1.165, 1.54) is 0 Å². The van der Waals surface area contributed by atoms with E-state index >= 15 is 0 Å². The van der Waals surface area contributed by atoms with Crippen LogP contribution in [0.15, 0.2) is 54.6 Å². The summed E-state index contributed by atoms with van der Waals surface area (Å²) in [5, 5.41) is 2.92. The first-order valence-corrected chi connectivity index (χ1v) is 8.70. The summed E-state index contributed by atoms with van der Waals surface area (Å²) in [5.74, 6) is 0.602. The number of Topliss-reactive ketones (excluding diaryl/α,β-unsaturated/α-hetero) is 1. The van der Waals surface area contributed by atoms with Crippen LogP contribution in [0.25, 0.3) is 0 Å². The van der Waals surface area contributed by atoms with E-state index < -0.39 is 0 Å². The quantitative estimate of drug-likeness (QED) is 0.692. The maximum absolute atomic E-state index is 12.2. The highest BCUT2D eigenvalue weighted by atomic mass is 16.5. The van der Waals surface area contributed by atoms with E-state index in [1.807, 2.05) is 44.2 Å². The summed E-state index contributed by atoms with van der Waals surface area (Å²) in [7, 11) is 0. The number of ketones is 1. The van der Waals surface area contributed by atoms with Crippen molar-refractivity contribution in [2.75, 3.05) is 6.61 Å². The molecule has 0 heterocycles. The lowest BCUT2D eigenvalue weighted by molar-refractivity contribution is -0.121. The molecular formula is C21H25NO3. The molecule has 0 bridgehead atoms. The van der Waals surface area contributed by atoms with Gasteiger partial charge < -0.3 is 10.1 Å². The summed E-state index contributed by atoms with van der Waals surface area (Å²) in [6, 6.07) is 16.8. The van der Waals surface area contributed by atoms with Crippen molar-refractivity contribution in [3.63, 3.8) is 0 Å². The molecule has 0 aliphatic rings. The van der Waals surface area contributed by atoms with Gasteiger partial charge >= 0.3 is 0 Å². The normalized spacial score (nSPS) is 11.6. The zero-order valence-corrected chi connectivity index (χ0v) is 14.8. The lowest BCUT2D eigenvalue weighted by atomic mass is 10.1. The molecule has 1 atom stereocenters. The third-order valence-electron chi connectivity index (χ3n) is 3.91. The predicted molar refractivity (Wildman–Crippen MR) is 98.8 cm³/mol. The van der Waals surface area contributed by atoms with Crippen LogP contribution in [-0.4, -0.2) is 18.3 Å². The molecule has 0 aliphatic heterocycles. The fourth-order valence-electron chi connectivity index (χ4n) is 2.47. The average molecular weight is 339 g/mol. The number of amides is 1. The van der Waals surface area contributed by atoms with Gasteiger partial charge in [0.25, 0.3) is 0 Å². The largest absolute Gasteiger partial charge is 0.494 e. The van der Waals surface area contributed by atoms with Crippen LogP contribution in [0.5, 0.6) is 5.75 Å². The fraction of sp³-hybridized carbons (Fsp3) is 0.333. The van der Waals surface area contributed by atoms with Gasteiger partial charge in [0, 0.05) is 18.4 Å². The Morgan fingerprint density at radius 2 is 1.68 bits per heavy atom. The first kappa shape index (κ1) is 18.7. The van der Waals surface area contributed by atoms with E-state index in [-0.39, 0.29) is 30.6 Å². The van der Waals surface area contributed by atoms with Gasteiger partial charge in [0.05, 0.1) is 12.6 Å². The monoisotopic (exact) mass is 339 g/mol. The van der Waals surface area contributed by atoms with Gasteiger partial charge in [-0.25, -0.2) is 0 Å². The summed E-state index contributed by atoms with van der Waals surface area (Å²) >= 11 is 0. The van der Waals surface area contributed by atoms with Gasteiger partial charge in [-0.3, -0.25) is 9.59 Å². The van der Waals surface area contributed by atoms with Crippen molar-refractivity contribution >= 4 is 11.7 Å². The number of benzene rings is 2. The minimum absolute atomic E-state index is 0.0374. The van der Waals surface area contributed by atoms with Gasteiger partial charge in [0.1, 0.15) is 5.75 Å². The van der Waals surface area contributed by atoms with Gasteiger partial charge in [-0.15, -0.1) is 0 Å². The van der Waals surface area contributed by atoms with Gasteiger partial charge in [-0.05, 0) is 43.2 Å². The van der Waals surface area contributed by atoms with Crippen molar-refractivity contribution in [3.8, 4) is 5.75 Å². The van der Waals surface area contributed by atoms with Crippen LogP contribution in [0, 0.1) is 0 Å². The van der Waals surface area contributed by atoms with Crippen molar-refractivity contribution in [1.29, 1.82) is 0 Å². The van der Waals surface area contributed by atoms with Gasteiger partial charge in [0.15, 0.2) is 5.78 Å². The van der Waals surface area contributed by atoms with E-state index in [0.29, 0.717) is 12.2 Å². The predicted octanol–water partition coefficient (Wildman–Crippen LogP) is 4.32. The topological polar surface area (TPSA) is 55.4 Å². The van der Waals surface area contributed by atoms with Crippen LogP contribution >= 0.6 is 0 Å². The van der Waals surface area contributed by atoms with E-state index in [9.17, 15) is 9.59 Å². The second-order valence-corrected chi connectivity index (χ2v) is 6.00. The molecule has 0 unspecified atom stereocenters. The molecule has 0 saturated carbocycles. The number of ether oxygens (including phenoxy) is 1. The highest BCUT2D eigenvalue weighted by Gasteiger charge is 2.12. The lowest BCUT2D eigenvalue weighted by Crippen LogP contribution is -2.26. The van der Waals surface area contributed by atoms with Crippen molar-refractivity contribution < 1.29 is 14.3 Å². The molecule has 0 fully saturated rings. The Kier molecular flexibility index (Phi) is 7.20. The summed E-state index contributed by atoms with van der Waals surface area (Å²) in [4.78, 5) is 24.3. The Bertz CT molecular complexity index is 680. The van der Waals surface area contributed by atoms with E-state index in [1.54, 1.807) is 24.3 Å². The van der Waals surface area contributed by atoms with Crippen LogP contribution in [0.4, 0.5) is 0 Å².